The zero-order valence-corrected chi connectivity index (χ0v) is 11.8. The van der Waals surface area contributed by atoms with Gasteiger partial charge in [-0.15, -0.1) is 0 Å². The highest BCUT2D eigenvalue weighted by Crippen LogP contribution is 2.14. The molecule has 0 aromatic heterocycles. The van der Waals surface area contributed by atoms with Crippen molar-refractivity contribution < 1.29 is 14.4 Å². The maximum absolute atomic E-state index is 11.8. The summed E-state index contributed by atoms with van der Waals surface area (Å²) in [5, 5.41) is 2.34. The van der Waals surface area contributed by atoms with Crippen molar-refractivity contribution in [2.24, 2.45) is 5.84 Å². The molecule has 21 heavy (non-hydrogen) atoms. The molecular formula is C14H18N4O3. The summed E-state index contributed by atoms with van der Waals surface area (Å²) < 4.78 is 0. The van der Waals surface area contributed by atoms with E-state index in [1.807, 2.05) is 11.8 Å². The number of nitrogen functional groups attached to an aromatic ring is 1. The van der Waals surface area contributed by atoms with Gasteiger partial charge in [-0.25, -0.2) is 5.84 Å². The number of carbonyl (C=O) groups excluding carboxylic acids is 3. The number of nitrogens with zero attached hydrogens (tertiary/aromatic N) is 1. The summed E-state index contributed by atoms with van der Waals surface area (Å²) in [6.07, 6.45) is 0.632. The Morgan fingerprint density at radius 1 is 1.38 bits per heavy atom. The van der Waals surface area contributed by atoms with Crippen molar-refractivity contribution in [2.45, 2.75) is 25.9 Å². The van der Waals surface area contributed by atoms with Crippen molar-refractivity contribution in [3.63, 3.8) is 0 Å². The maximum Gasteiger partial charge on any atom is 0.265 e. The maximum atomic E-state index is 11.8. The minimum atomic E-state index is -0.361. The van der Waals surface area contributed by atoms with Crippen LogP contribution in [0.1, 0.15) is 29.3 Å². The second-order valence-corrected chi connectivity index (χ2v) is 4.91. The SMILES string of the molecule is CCC1C(=O)NC(=O)CN1Cc1ccc(C(=O)NN)cc1. The summed E-state index contributed by atoms with van der Waals surface area (Å²) in [6, 6.07) is 6.58. The van der Waals surface area contributed by atoms with Crippen LogP contribution >= 0.6 is 0 Å². The lowest BCUT2D eigenvalue weighted by Gasteiger charge is -2.33. The van der Waals surface area contributed by atoms with Crippen LogP contribution < -0.4 is 16.6 Å². The van der Waals surface area contributed by atoms with E-state index in [2.05, 4.69) is 10.7 Å². The molecule has 1 saturated heterocycles. The molecule has 2 rings (SSSR count). The molecule has 0 aliphatic carbocycles. The number of hydrazine groups is 1. The Morgan fingerprint density at radius 3 is 2.62 bits per heavy atom. The van der Waals surface area contributed by atoms with Crippen LogP contribution in [0, 0.1) is 0 Å². The number of benzene rings is 1. The fourth-order valence-electron chi connectivity index (χ4n) is 2.41. The van der Waals surface area contributed by atoms with Crippen molar-refractivity contribution in [3.8, 4) is 0 Å². The summed E-state index contributed by atoms with van der Waals surface area (Å²) in [6.45, 7) is 2.57. The first-order valence-electron chi connectivity index (χ1n) is 6.72. The van der Waals surface area contributed by atoms with Crippen molar-refractivity contribution in [1.82, 2.24) is 15.6 Å². The smallest absolute Gasteiger partial charge is 0.265 e. The van der Waals surface area contributed by atoms with Crippen LogP contribution in [-0.4, -0.2) is 35.2 Å². The molecule has 7 nitrogen and oxygen atoms in total. The Morgan fingerprint density at radius 2 is 2.05 bits per heavy atom. The molecule has 1 atom stereocenters. The monoisotopic (exact) mass is 290 g/mol. The number of nitrogens with one attached hydrogen (secondary N) is 2. The molecule has 1 unspecified atom stereocenters. The summed E-state index contributed by atoms with van der Waals surface area (Å²) in [7, 11) is 0. The molecule has 112 valence electrons. The molecule has 3 amide bonds. The molecule has 1 fully saturated rings. The normalized spacial score (nSPS) is 19.2. The minimum absolute atomic E-state index is 0.190. The highest BCUT2D eigenvalue weighted by molar-refractivity contribution is 6.01. The average molecular weight is 290 g/mol. The van der Waals surface area contributed by atoms with Crippen LogP contribution in [0.4, 0.5) is 0 Å². The second kappa shape index (κ2) is 6.47. The summed E-state index contributed by atoms with van der Waals surface area (Å²) >= 11 is 0. The highest BCUT2D eigenvalue weighted by Gasteiger charge is 2.32. The van der Waals surface area contributed by atoms with Gasteiger partial charge in [-0.3, -0.25) is 30.0 Å². The van der Waals surface area contributed by atoms with Gasteiger partial charge < -0.3 is 0 Å². The number of hydrogen-bond acceptors (Lipinski definition) is 5. The first-order valence-corrected chi connectivity index (χ1v) is 6.72. The number of imide groups is 1. The van der Waals surface area contributed by atoms with Crippen molar-refractivity contribution in [3.05, 3.63) is 35.4 Å². The second-order valence-electron chi connectivity index (χ2n) is 4.91. The Bertz CT molecular complexity index is 556. The van der Waals surface area contributed by atoms with E-state index in [4.69, 9.17) is 5.84 Å². The fourth-order valence-corrected chi connectivity index (χ4v) is 2.41. The molecule has 4 N–H and O–H groups in total. The largest absolute Gasteiger partial charge is 0.294 e. The van der Waals surface area contributed by atoms with E-state index in [1.165, 1.54) is 0 Å². The van der Waals surface area contributed by atoms with Gasteiger partial charge >= 0.3 is 0 Å². The molecule has 0 spiro atoms. The molecule has 1 aliphatic heterocycles. The van der Waals surface area contributed by atoms with Gasteiger partial charge in [0.15, 0.2) is 0 Å². The van der Waals surface area contributed by atoms with E-state index in [0.717, 1.165) is 5.56 Å². The van der Waals surface area contributed by atoms with E-state index in [1.54, 1.807) is 24.3 Å². The van der Waals surface area contributed by atoms with Crippen molar-refractivity contribution in [1.29, 1.82) is 0 Å². The number of nitrogens with two attached hydrogens (primary N) is 1. The lowest BCUT2D eigenvalue weighted by molar-refractivity contribution is -0.140. The number of amides is 3. The van der Waals surface area contributed by atoms with Gasteiger partial charge in [-0.2, -0.15) is 0 Å². The molecule has 1 heterocycles. The third-order valence-corrected chi connectivity index (χ3v) is 3.47. The lowest BCUT2D eigenvalue weighted by atomic mass is 10.1. The number of carbonyl (C=O) groups is 3. The zero-order valence-electron chi connectivity index (χ0n) is 11.8. The standard InChI is InChI=1S/C14H18N4O3/c1-2-11-14(21)16-12(19)8-18(11)7-9-3-5-10(6-4-9)13(20)17-15/h3-6,11H,2,7-8,15H2,1H3,(H,17,20)(H,16,19,21). The fraction of sp³-hybridized carbons (Fsp3) is 0.357. The molecule has 7 heteroatoms. The molecule has 1 aromatic rings. The van der Waals surface area contributed by atoms with E-state index < -0.39 is 0 Å². The first kappa shape index (κ1) is 15.1. The molecule has 0 saturated carbocycles. The predicted molar refractivity (Wildman–Crippen MR) is 75.7 cm³/mol. The van der Waals surface area contributed by atoms with Crippen molar-refractivity contribution in [2.75, 3.05) is 6.54 Å². The molecule has 0 radical (unpaired) electrons. The number of piperazine rings is 1. The summed E-state index contributed by atoms with van der Waals surface area (Å²) in [4.78, 5) is 36.4. The predicted octanol–water partition coefficient (Wildman–Crippen LogP) is -0.473. The van der Waals surface area contributed by atoms with Gasteiger partial charge in [0.1, 0.15) is 0 Å². The van der Waals surface area contributed by atoms with Crippen LogP contribution in [-0.2, 0) is 16.1 Å². The Hall–Kier alpha value is -2.25. The van der Waals surface area contributed by atoms with Gasteiger partial charge in [0.2, 0.25) is 11.8 Å². The van der Waals surface area contributed by atoms with Gasteiger partial charge in [0, 0.05) is 12.1 Å². The average Bonchev–Trinajstić information content (AvgIpc) is 2.47. The summed E-state index contributed by atoms with van der Waals surface area (Å²) in [5.41, 5.74) is 3.44. The van der Waals surface area contributed by atoms with E-state index in [-0.39, 0.29) is 30.3 Å². The third kappa shape index (κ3) is 3.45. The van der Waals surface area contributed by atoms with Gasteiger partial charge in [-0.05, 0) is 24.1 Å². The quantitative estimate of drug-likeness (QED) is 0.301. The Balaban J connectivity index is 2.10. The molecule has 0 bridgehead atoms. The van der Waals surface area contributed by atoms with Crippen LogP contribution in [0.25, 0.3) is 0 Å². The van der Waals surface area contributed by atoms with Gasteiger partial charge in [0.05, 0.1) is 12.6 Å². The zero-order chi connectivity index (χ0) is 15.4. The van der Waals surface area contributed by atoms with Crippen LogP contribution in [0.3, 0.4) is 0 Å². The molecular weight excluding hydrogens is 272 g/mol. The lowest BCUT2D eigenvalue weighted by Crippen LogP contribution is -2.57. The van der Waals surface area contributed by atoms with Gasteiger partial charge in [-0.1, -0.05) is 19.1 Å². The van der Waals surface area contributed by atoms with Crippen LogP contribution in [0.15, 0.2) is 24.3 Å². The topological polar surface area (TPSA) is 105 Å². The number of hydrogen-bond donors (Lipinski definition) is 3. The molecule has 1 aromatic carbocycles. The van der Waals surface area contributed by atoms with Gasteiger partial charge in [0.25, 0.3) is 5.91 Å². The van der Waals surface area contributed by atoms with E-state index in [9.17, 15) is 14.4 Å². The third-order valence-electron chi connectivity index (χ3n) is 3.47. The molecule has 1 aliphatic rings. The van der Waals surface area contributed by atoms with Crippen molar-refractivity contribution >= 4 is 17.7 Å². The van der Waals surface area contributed by atoms with Crippen LogP contribution in [0.2, 0.25) is 0 Å². The van der Waals surface area contributed by atoms with E-state index in [0.29, 0.717) is 18.5 Å². The summed E-state index contributed by atoms with van der Waals surface area (Å²) in [5.74, 6) is 4.16. The Kier molecular flexibility index (Phi) is 4.66. The van der Waals surface area contributed by atoms with Crippen LogP contribution in [0.5, 0.6) is 0 Å². The number of rotatable bonds is 4. The Labute approximate surface area is 122 Å². The highest BCUT2D eigenvalue weighted by atomic mass is 16.2. The minimum Gasteiger partial charge on any atom is -0.294 e. The van der Waals surface area contributed by atoms with E-state index >= 15 is 0 Å². The first-order chi connectivity index (χ1) is 10.0.